The number of aromatic nitrogens is 8. The summed E-state index contributed by atoms with van der Waals surface area (Å²) in [6, 6.07) is 0.544. The minimum absolute atomic E-state index is 0.0420. The third-order valence-electron chi connectivity index (χ3n) is 6.17. The average molecular weight is 663 g/mol. The van der Waals surface area contributed by atoms with Gasteiger partial charge in [0.25, 0.3) is 19.6 Å². The third kappa shape index (κ3) is 10.5. The third-order valence-corrected chi connectivity index (χ3v) is 8.28. The van der Waals surface area contributed by atoms with Gasteiger partial charge in [0.2, 0.25) is 6.54 Å². The average Bonchev–Trinajstić information content (AvgIpc) is 3.59. The molecule has 0 aromatic carbocycles. The van der Waals surface area contributed by atoms with Gasteiger partial charge in [0.15, 0.2) is 22.3 Å². The van der Waals surface area contributed by atoms with Crippen molar-refractivity contribution in [2.75, 3.05) is 39.6 Å². The first-order valence-electron chi connectivity index (χ1n) is 14.8. The highest BCUT2D eigenvalue weighted by molar-refractivity contribution is 7.44. The number of aromatic amines is 2. The van der Waals surface area contributed by atoms with Gasteiger partial charge in [-0.2, -0.15) is 0 Å². The maximum absolute atomic E-state index is 11.9. The number of fused-ring (bicyclic) bond motifs is 2. The summed E-state index contributed by atoms with van der Waals surface area (Å²) in [5, 5.41) is 8.58. The monoisotopic (exact) mass is 662 g/mol. The Hall–Kier alpha value is -3.62. The van der Waals surface area contributed by atoms with Crippen LogP contribution >= 0.6 is 8.53 Å². The molecule has 252 valence electrons. The zero-order valence-corrected chi connectivity index (χ0v) is 28.0. The van der Waals surface area contributed by atoms with E-state index in [9.17, 15) is 9.59 Å². The molecule has 3 N–H and O–H groups in total. The molecule has 46 heavy (non-hydrogen) atoms. The van der Waals surface area contributed by atoms with Gasteiger partial charge in [0.05, 0.1) is 39.1 Å². The minimum Gasteiger partial charge on any atom is -0.394 e. The van der Waals surface area contributed by atoms with Crippen LogP contribution in [0.15, 0.2) is 22.2 Å². The van der Waals surface area contributed by atoms with Crippen molar-refractivity contribution in [3.8, 4) is 0 Å². The van der Waals surface area contributed by atoms with Gasteiger partial charge >= 0.3 is 0 Å². The number of aryl methyl sites for hydroxylation is 2. The molecule has 0 aliphatic carbocycles. The number of rotatable bonds is 17. The number of hydrogen-bond acceptors (Lipinski definition) is 12. The molecule has 4 aromatic rings. The molecule has 1 unspecified atom stereocenters. The maximum atomic E-state index is 11.9. The van der Waals surface area contributed by atoms with Crippen LogP contribution < -0.4 is 11.1 Å². The van der Waals surface area contributed by atoms with E-state index in [2.05, 4.69) is 67.1 Å². The molecule has 0 aliphatic rings. The zero-order chi connectivity index (χ0) is 33.6. The lowest BCUT2D eigenvalue weighted by Crippen LogP contribution is -2.33. The number of aliphatic hydroxyl groups is 1. The van der Waals surface area contributed by atoms with Crippen molar-refractivity contribution in [1.82, 2.24) is 43.7 Å². The van der Waals surface area contributed by atoms with Crippen molar-refractivity contribution in [2.45, 2.75) is 73.5 Å². The van der Waals surface area contributed by atoms with Gasteiger partial charge in [0.1, 0.15) is 31.7 Å². The molecule has 0 fully saturated rings. The number of nitrogens with one attached hydrogen (secondary N) is 2. The summed E-state index contributed by atoms with van der Waals surface area (Å²) in [4.78, 5) is 48.5. The van der Waals surface area contributed by atoms with Crippen LogP contribution in [0.5, 0.6) is 0 Å². The Morgan fingerprint density at radius 3 is 1.85 bits per heavy atom. The van der Waals surface area contributed by atoms with Gasteiger partial charge in [-0.3, -0.25) is 18.7 Å². The van der Waals surface area contributed by atoms with E-state index in [-0.39, 0.29) is 55.4 Å². The summed E-state index contributed by atoms with van der Waals surface area (Å²) in [6.07, 6.45) is 3.73. The summed E-state index contributed by atoms with van der Waals surface area (Å²) >= 11 is 0. The van der Waals surface area contributed by atoms with Crippen molar-refractivity contribution >= 4 is 30.9 Å². The number of aliphatic hydroxyl groups excluding tert-OH is 1. The molecule has 0 aliphatic heterocycles. The van der Waals surface area contributed by atoms with Crippen molar-refractivity contribution in [2.24, 2.45) is 0 Å². The second-order valence-corrected chi connectivity index (χ2v) is 12.0. The smallest absolute Gasteiger partial charge is 0.279 e. The predicted octanol–water partition coefficient (Wildman–Crippen LogP) is 2.48. The van der Waals surface area contributed by atoms with E-state index in [1.165, 1.54) is 6.33 Å². The van der Waals surface area contributed by atoms with Gasteiger partial charge in [-0.1, -0.05) is 0 Å². The molecule has 0 amide bonds. The fraction of sp³-hybridized carbons (Fsp3) is 0.607. The lowest BCUT2D eigenvalue weighted by Gasteiger charge is -2.35. The molecule has 18 heteroatoms. The van der Waals surface area contributed by atoms with Gasteiger partial charge in [0, 0.05) is 12.1 Å². The van der Waals surface area contributed by atoms with Crippen LogP contribution in [0.4, 0.5) is 0 Å². The number of imidazole rings is 2. The Balaban J connectivity index is 0.000000300. The maximum Gasteiger partial charge on any atom is 0.279 e. The van der Waals surface area contributed by atoms with Crippen LogP contribution in [0.2, 0.25) is 0 Å². The van der Waals surface area contributed by atoms with E-state index in [1.807, 2.05) is 0 Å². The van der Waals surface area contributed by atoms with Crippen LogP contribution in [0, 0.1) is 20.4 Å². The van der Waals surface area contributed by atoms with E-state index in [0.29, 0.717) is 61.2 Å². The SMILES string of the molecule is Cc1nc2c(ncn2COCCO)c(=O)[nH]1.[C-]#[N+]CCOP(OCCCOCn1cnc2c(=O)[nH]c(C)nc21)N(C(C)C)C(C)C. The molecule has 17 nitrogen and oxygen atoms in total. The molecule has 0 bridgehead atoms. The fourth-order valence-corrected chi connectivity index (χ4v) is 5.94. The molecule has 0 saturated heterocycles. The summed E-state index contributed by atoms with van der Waals surface area (Å²) < 4.78 is 28.2. The Kier molecular flexibility index (Phi) is 14.8. The highest BCUT2D eigenvalue weighted by atomic mass is 31.2. The number of ether oxygens (including phenoxy) is 2. The number of nitrogens with zero attached hydrogens (tertiary/aromatic N) is 8. The molecule has 0 saturated carbocycles. The first-order valence-corrected chi connectivity index (χ1v) is 16.0. The van der Waals surface area contributed by atoms with Crippen molar-refractivity contribution in [3.63, 3.8) is 0 Å². The van der Waals surface area contributed by atoms with Crippen LogP contribution in [-0.4, -0.2) is 100 Å². The first kappa shape index (κ1) is 36.8. The fourth-order valence-electron chi connectivity index (χ4n) is 4.32. The Bertz CT molecular complexity index is 1670. The molecule has 1 atom stereocenters. The molecule has 4 rings (SSSR count). The highest BCUT2D eigenvalue weighted by Crippen LogP contribution is 2.45. The lowest BCUT2D eigenvalue weighted by atomic mass is 10.3. The van der Waals surface area contributed by atoms with Crippen molar-refractivity contribution < 1.29 is 23.6 Å². The van der Waals surface area contributed by atoms with Crippen LogP contribution in [-0.2, 0) is 32.0 Å². The standard InChI is InChI=1S/C19H31N6O4P.C9H12N4O3/c1-14(2)25(15(3)4)30(29-11-8-20-6)28-10-7-9-27-13-24-12-21-17-18(24)22-16(5)23-19(17)26;1-6-11-8-7(9(15)12-6)10-4-13(8)5-16-3-2-14/h12,14-15H,7-11,13H2,1-5H3,(H,22,23,26);4,14H,2-3,5H2,1H3,(H,11,12,15). The van der Waals surface area contributed by atoms with E-state index in [0.717, 1.165) is 0 Å². The van der Waals surface area contributed by atoms with Gasteiger partial charge < -0.3 is 38.4 Å². The molecule has 0 radical (unpaired) electrons. The molecular weight excluding hydrogens is 619 g/mol. The van der Waals surface area contributed by atoms with E-state index in [1.54, 1.807) is 29.3 Å². The Labute approximate surface area is 267 Å². The summed E-state index contributed by atoms with van der Waals surface area (Å²) in [7, 11) is -1.23. The second kappa shape index (κ2) is 18.5. The van der Waals surface area contributed by atoms with E-state index in [4.69, 9.17) is 30.2 Å². The molecule has 0 spiro atoms. The largest absolute Gasteiger partial charge is 0.394 e. The Morgan fingerprint density at radius 2 is 1.37 bits per heavy atom. The van der Waals surface area contributed by atoms with E-state index < -0.39 is 8.53 Å². The summed E-state index contributed by atoms with van der Waals surface area (Å²) in [5.41, 5.74) is 1.07. The van der Waals surface area contributed by atoms with Gasteiger partial charge in [-0.15, -0.1) is 0 Å². The number of hydrogen-bond donors (Lipinski definition) is 3. The van der Waals surface area contributed by atoms with Gasteiger partial charge in [-0.25, -0.2) is 31.2 Å². The topological polar surface area (TPSA) is 192 Å². The quantitative estimate of drug-likeness (QED) is 0.0852. The zero-order valence-electron chi connectivity index (χ0n) is 27.1. The van der Waals surface area contributed by atoms with Gasteiger partial charge in [-0.05, 0) is 48.0 Å². The van der Waals surface area contributed by atoms with Crippen molar-refractivity contribution in [1.29, 1.82) is 0 Å². The highest BCUT2D eigenvalue weighted by Gasteiger charge is 2.27. The minimum atomic E-state index is -1.23. The van der Waals surface area contributed by atoms with Crippen LogP contribution in [0.25, 0.3) is 27.2 Å². The second-order valence-electron chi connectivity index (χ2n) is 10.6. The van der Waals surface area contributed by atoms with Crippen LogP contribution in [0.3, 0.4) is 0 Å². The predicted molar refractivity (Wildman–Crippen MR) is 172 cm³/mol. The number of H-pyrrole nitrogens is 2. The summed E-state index contributed by atoms with van der Waals surface area (Å²) in [5.74, 6) is 1.07. The van der Waals surface area contributed by atoms with E-state index >= 15 is 0 Å². The molecule has 4 heterocycles. The molecular formula is C28H43N10O7P. The lowest BCUT2D eigenvalue weighted by molar-refractivity contribution is 0.0499. The molecule has 4 aromatic heterocycles. The first-order chi connectivity index (χ1) is 22.1. The van der Waals surface area contributed by atoms with Crippen molar-refractivity contribution in [3.05, 3.63) is 56.4 Å². The van der Waals surface area contributed by atoms with Crippen LogP contribution in [0.1, 0.15) is 45.8 Å². The Morgan fingerprint density at radius 1 is 0.870 bits per heavy atom. The normalized spacial score (nSPS) is 12.3. The summed E-state index contributed by atoms with van der Waals surface area (Å²) in [6.45, 7) is 21.1.